The van der Waals surface area contributed by atoms with Crippen molar-refractivity contribution in [2.24, 2.45) is 5.92 Å². The third-order valence-corrected chi connectivity index (χ3v) is 5.16. The molecule has 1 aromatic rings. The quantitative estimate of drug-likeness (QED) is 0.692. The summed E-state index contributed by atoms with van der Waals surface area (Å²) < 4.78 is 26.6. The van der Waals surface area contributed by atoms with Gasteiger partial charge in [-0.05, 0) is 25.0 Å². The van der Waals surface area contributed by atoms with Gasteiger partial charge in [0.2, 0.25) is 10.0 Å². The van der Waals surface area contributed by atoms with E-state index in [1.54, 1.807) is 12.1 Å². The third-order valence-electron chi connectivity index (χ3n) is 3.25. The molecular weight excluding hydrogens is 286 g/mol. The van der Waals surface area contributed by atoms with E-state index in [0.29, 0.717) is 18.7 Å². The molecule has 0 N–H and O–H groups in total. The second-order valence-corrected chi connectivity index (χ2v) is 7.39. The van der Waals surface area contributed by atoms with Crippen molar-refractivity contribution in [3.8, 4) is 0 Å². The number of sulfonamides is 1. The van der Waals surface area contributed by atoms with Gasteiger partial charge in [-0.1, -0.05) is 39.8 Å². The fraction of sp³-hybridized carbons (Fsp3) is 0.562. The molecule has 21 heavy (non-hydrogen) atoms. The van der Waals surface area contributed by atoms with Gasteiger partial charge in [0.25, 0.3) is 0 Å². The first-order valence-corrected chi connectivity index (χ1v) is 8.93. The maximum Gasteiger partial charge on any atom is 0.243 e. The minimum atomic E-state index is -3.47. The van der Waals surface area contributed by atoms with E-state index in [2.05, 4.69) is 0 Å². The van der Waals surface area contributed by atoms with Crippen LogP contribution >= 0.6 is 0 Å². The molecule has 5 heteroatoms. The maximum absolute atomic E-state index is 12.6. The van der Waals surface area contributed by atoms with E-state index in [-0.39, 0.29) is 16.6 Å². The Kier molecular flexibility index (Phi) is 6.55. The molecule has 0 spiro atoms. The summed E-state index contributed by atoms with van der Waals surface area (Å²) in [5.74, 6) is -0.0675. The summed E-state index contributed by atoms with van der Waals surface area (Å²) in [5, 5.41) is 0. The minimum Gasteiger partial charge on any atom is -0.294 e. The average Bonchev–Trinajstić information content (AvgIpc) is 2.46. The molecule has 4 nitrogen and oxygen atoms in total. The van der Waals surface area contributed by atoms with Gasteiger partial charge in [-0.25, -0.2) is 8.42 Å². The smallest absolute Gasteiger partial charge is 0.243 e. The zero-order valence-electron chi connectivity index (χ0n) is 13.3. The molecule has 0 atom stereocenters. The van der Waals surface area contributed by atoms with Crippen LogP contribution in [0.4, 0.5) is 0 Å². The molecule has 1 rings (SSSR count). The van der Waals surface area contributed by atoms with E-state index < -0.39 is 10.0 Å². The van der Waals surface area contributed by atoms with E-state index >= 15 is 0 Å². The summed E-state index contributed by atoms with van der Waals surface area (Å²) in [6.45, 7) is 8.62. The highest BCUT2D eigenvalue weighted by atomic mass is 32.2. The van der Waals surface area contributed by atoms with E-state index in [4.69, 9.17) is 0 Å². The van der Waals surface area contributed by atoms with E-state index in [9.17, 15) is 13.2 Å². The predicted molar refractivity (Wildman–Crippen MR) is 85.0 cm³/mol. The van der Waals surface area contributed by atoms with E-state index in [0.717, 1.165) is 12.8 Å². The second kappa shape index (κ2) is 7.71. The molecule has 0 heterocycles. The number of hydrogen-bond acceptors (Lipinski definition) is 3. The van der Waals surface area contributed by atoms with Gasteiger partial charge in [-0.2, -0.15) is 4.31 Å². The number of nitrogens with zero attached hydrogens (tertiary/aromatic N) is 1. The molecule has 0 saturated heterocycles. The highest BCUT2D eigenvalue weighted by molar-refractivity contribution is 7.89. The SMILES string of the molecule is CCCN(CCC)S(=O)(=O)c1ccc(C(=O)C(C)C)cc1. The monoisotopic (exact) mass is 311 g/mol. The van der Waals surface area contributed by atoms with E-state index in [1.165, 1.54) is 16.4 Å². The minimum absolute atomic E-state index is 0.0259. The van der Waals surface area contributed by atoms with Crippen LogP contribution in [0.15, 0.2) is 29.2 Å². The maximum atomic E-state index is 12.6. The summed E-state index contributed by atoms with van der Waals surface area (Å²) in [6.07, 6.45) is 1.56. The first kappa shape index (κ1) is 17.9. The first-order chi connectivity index (χ1) is 9.84. The Morgan fingerprint density at radius 3 is 1.90 bits per heavy atom. The number of hydrogen-bond donors (Lipinski definition) is 0. The van der Waals surface area contributed by atoms with Crippen LogP contribution in [-0.4, -0.2) is 31.6 Å². The highest BCUT2D eigenvalue weighted by Gasteiger charge is 2.23. The Hall–Kier alpha value is -1.20. The Morgan fingerprint density at radius 1 is 1.05 bits per heavy atom. The Bertz CT molecular complexity index is 556. The van der Waals surface area contributed by atoms with Crippen LogP contribution in [0.5, 0.6) is 0 Å². The topological polar surface area (TPSA) is 54.5 Å². The van der Waals surface area contributed by atoms with Crippen molar-refractivity contribution < 1.29 is 13.2 Å². The molecule has 0 aliphatic carbocycles. The zero-order valence-corrected chi connectivity index (χ0v) is 14.1. The lowest BCUT2D eigenvalue weighted by atomic mass is 10.0. The number of Topliss-reactive ketones (excluding diaryl/α,β-unsaturated/α-hetero) is 1. The normalized spacial score (nSPS) is 12.1. The summed E-state index contributed by atoms with van der Waals surface area (Å²) in [4.78, 5) is 12.1. The molecule has 0 amide bonds. The van der Waals surface area contributed by atoms with Gasteiger partial charge in [0.1, 0.15) is 0 Å². The molecule has 0 fully saturated rings. The van der Waals surface area contributed by atoms with Crippen molar-refractivity contribution in [3.05, 3.63) is 29.8 Å². The van der Waals surface area contributed by atoms with Crippen LogP contribution in [0.25, 0.3) is 0 Å². The van der Waals surface area contributed by atoms with Crippen LogP contribution in [0, 0.1) is 5.92 Å². The lowest BCUT2D eigenvalue weighted by Crippen LogP contribution is -2.32. The molecule has 0 bridgehead atoms. The van der Waals surface area contributed by atoms with Crippen LogP contribution in [0.1, 0.15) is 50.9 Å². The largest absolute Gasteiger partial charge is 0.294 e. The predicted octanol–water partition coefficient (Wildman–Crippen LogP) is 3.34. The van der Waals surface area contributed by atoms with Gasteiger partial charge in [-0.3, -0.25) is 4.79 Å². The van der Waals surface area contributed by atoms with Crippen molar-refractivity contribution in [1.82, 2.24) is 4.31 Å². The number of benzene rings is 1. The zero-order chi connectivity index (χ0) is 16.0. The Morgan fingerprint density at radius 2 is 1.52 bits per heavy atom. The molecule has 0 radical (unpaired) electrons. The highest BCUT2D eigenvalue weighted by Crippen LogP contribution is 2.18. The van der Waals surface area contributed by atoms with Crippen molar-refractivity contribution in [1.29, 1.82) is 0 Å². The second-order valence-electron chi connectivity index (χ2n) is 5.45. The molecular formula is C16H25NO3S. The molecule has 1 aromatic carbocycles. The number of carbonyl (C=O) groups is 1. The summed E-state index contributed by atoms with van der Waals surface area (Å²) in [7, 11) is -3.47. The molecule has 0 aromatic heterocycles. The number of carbonyl (C=O) groups excluding carboxylic acids is 1. The lowest BCUT2D eigenvalue weighted by Gasteiger charge is -2.21. The number of rotatable bonds is 8. The summed E-state index contributed by atoms with van der Waals surface area (Å²) in [6, 6.07) is 6.27. The fourth-order valence-electron chi connectivity index (χ4n) is 2.12. The van der Waals surface area contributed by atoms with Crippen LogP contribution in [-0.2, 0) is 10.0 Å². The van der Waals surface area contributed by atoms with Crippen molar-refractivity contribution >= 4 is 15.8 Å². The third kappa shape index (κ3) is 4.38. The van der Waals surface area contributed by atoms with Crippen LogP contribution in [0.3, 0.4) is 0 Å². The van der Waals surface area contributed by atoms with Gasteiger partial charge in [-0.15, -0.1) is 0 Å². The lowest BCUT2D eigenvalue weighted by molar-refractivity contribution is 0.0939. The van der Waals surface area contributed by atoms with Gasteiger partial charge < -0.3 is 0 Å². The van der Waals surface area contributed by atoms with Crippen molar-refractivity contribution in [3.63, 3.8) is 0 Å². The summed E-state index contributed by atoms with van der Waals surface area (Å²) >= 11 is 0. The molecule has 0 aliphatic rings. The van der Waals surface area contributed by atoms with Gasteiger partial charge in [0, 0.05) is 24.6 Å². The summed E-state index contributed by atoms with van der Waals surface area (Å²) in [5.41, 5.74) is 0.557. The van der Waals surface area contributed by atoms with Crippen LogP contribution in [0.2, 0.25) is 0 Å². The molecule has 0 saturated carbocycles. The van der Waals surface area contributed by atoms with Crippen molar-refractivity contribution in [2.75, 3.05) is 13.1 Å². The number of ketones is 1. The van der Waals surface area contributed by atoms with E-state index in [1.807, 2.05) is 27.7 Å². The Labute approximate surface area is 128 Å². The fourth-order valence-corrected chi connectivity index (χ4v) is 3.75. The standard InChI is InChI=1S/C16H25NO3S/c1-5-11-17(12-6-2)21(19,20)15-9-7-14(8-10-15)16(18)13(3)4/h7-10,13H,5-6,11-12H2,1-4H3. The van der Waals surface area contributed by atoms with Crippen LogP contribution < -0.4 is 0 Å². The van der Waals surface area contributed by atoms with Gasteiger partial charge in [0.05, 0.1) is 4.90 Å². The average molecular weight is 311 g/mol. The van der Waals surface area contributed by atoms with Crippen molar-refractivity contribution in [2.45, 2.75) is 45.4 Å². The molecule has 0 unspecified atom stereocenters. The molecule has 0 aliphatic heterocycles. The van der Waals surface area contributed by atoms with Gasteiger partial charge in [0.15, 0.2) is 5.78 Å². The Balaban J connectivity index is 3.06. The first-order valence-electron chi connectivity index (χ1n) is 7.49. The molecule has 118 valence electrons. The van der Waals surface area contributed by atoms with Gasteiger partial charge >= 0.3 is 0 Å².